The normalized spacial score (nSPS) is 16.0. The molecular weight excluding hydrogens is 473 g/mol. The van der Waals surface area contributed by atoms with Crippen molar-refractivity contribution in [3.05, 3.63) is 65.0 Å². The first-order valence-corrected chi connectivity index (χ1v) is 12.8. The van der Waals surface area contributed by atoms with Crippen LogP contribution in [0.4, 0.5) is 14.9 Å². The first-order chi connectivity index (χ1) is 17.8. The number of hydrogen-bond donors (Lipinski definition) is 2. The molecular formula is C28H34FN5O3. The molecule has 0 spiro atoms. The van der Waals surface area contributed by atoms with Crippen molar-refractivity contribution in [1.29, 1.82) is 0 Å². The van der Waals surface area contributed by atoms with Gasteiger partial charge < -0.3 is 15.5 Å². The Hall–Kier alpha value is -3.59. The van der Waals surface area contributed by atoms with Crippen LogP contribution >= 0.6 is 0 Å². The minimum atomic E-state index is -0.639. The van der Waals surface area contributed by atoms with Gasteiger partial charge >= 0.3 is 6.03 Å². The average molecular weight is 508 g/mol. The van der Waals surface area contributed by atoms with Crippen molar-refractivity contribution < 1.29 is 18.8 Å². The summed E-state index contributed by atoms with van der Waals surface area (Å²) < 4.78 is 14.6. The minimum absolute atomic E-state index is 0.0491. The fourth-order valence-electron chi connectivity index (χ4n) is 4.47. The highest BCUT2D eigenvalue weighted by atomic mass is 19.1. The van der Waals surface area contributed by atoms with Crippen molar-refractivity contribution in [2.75, 3.05) is 38.0 Å². The Balaban J connectivity index is 1.27. The molecule has 37 heavy (non-hydrogen) atoms. The fraction of sp³-hybridized carbons (Fsp3) is 0.429. The summed E-state index contributed by atoms with van der Waals surface area (Å²) in [5, 5.41) is 5.29. The molecule has 8 nitrogen and oxygen atoms in total. The smallest absolute Gasteiger partial charge is 0.319 e. The van der Waals surface area contributed by atoms with E-state index in [-0.39, 0.29) is 23.1 Å². The van der Waals surface area contributed by atoms with Gasteiger partial charge in [0.2, 0.25) is 0 Å². The Labute approximate surface area is 216 Å². The molecule has 4 rings (SSSR count). The van der Waals surface area contributed by atoms with Crippen LogP contribution in [0.5, 0.6) is 0 Å². The fourth-order valence-corrected chi connectivity index (χ4v) is 4.47. The van der Waals surface area contributed by atoms with Gasteiger partial charge in [0.25, 0.3) is 11.8 Å². The predicted molar refractivity (Wildman–Crippen MR) is 141 cm³/mol. The number of urea groups is 1. The molecule has 1 heterocycles. The number of anilines is 1. The summed E-state index contributed by atoms with van der Waals surface area (Å²) in [6, 6.07) is 11.2. The Morgan fingerprint density at radius 3 is 2.41 bits per heavy atom. The number of nitrogens with one attached hydrogen (secondary N) is 2. The van der Waals surface area contributed by atoms with Gasteiger partial charge in [-0.3, -0.25) is 14.5 Å². The van der Waals surface area contributed by atoms with Crippen LogP contribution in [-0.2, 0) is 6.54 Å². The number of hydrogen-bond acceptors (Lipinski definition) is 4. The van der Waals surface area contributed by atoms with Gasteiger partial charge in [-0.1, -0.05) is 18.6 Å². The van der Waals surface area contributed by atoms with Crippen molar-refractivity contribution in [2.24, 2.45) is 10.9 Å². The molecule has 2 fully saturated rings. The number of carbonyl (C=O) groups is 3. The molecule has 1 aliphatic carbocycles. The third kappa shape index (κ3) is 7.22. The van der Waals surface area contributed by atoms with E-state index in [1.165, 1.54) is 18.6 Å². The molecule has 2 aromatic rings. The number of aliphatic imine (C=N–C) groups is 1. The van der Waals surface area contributed by atoms with E-state index < -0.39 is 11.8 Å². The number of benzene rings is 2. The first kappa shape index (κ1) is 26.5. The Morgan fingerprint density at radius 2 is 1.76 bits per heavy atom. The summed E-state index contributed by atoms with van der Waals surface area (Å²) >= 11 is 0. The lowest BCUT2D eigenvalue weighted by atomic mass is 9.85. The zero-order chi connectivity index (χ0) is 26.4. The summed E-state index contributed by atoms with van der Waals surface area (Å²) in [5.41, 5.74) is 2.59. The highest BCUT2D eigenvalue weighted by molar-refractivity contribution is 6.02. The van der Waals surface area contributed by atoms with Gasteiger partial charge in [0.05, 0.1) is 5.69 Å². The summed E-state index contributed by atoms with van der Waals surface area (Å²) in [4.78, 5) is 45.2. The maximum Gasteiger partial charge on any atom is 0.319 e. The number of halogens is 1. The van der Waals surface area contributed by atoms with Crippen molar-refractivity contribution in [2.45, 2.75) is 39.7 Å². The molecule has 0 bridgehead atoms. The molecule has 0 aromatic heterocycles. The van der Waals surface area contributed by atoms with Gasteiger partial charge in [0.1, 0.15) is 5.82 Å². The van der Waals surface area contributed by atoms with E-state index in [1.807, 2.05) is 18.2 Å². The molecule has 2 N–H and O–H groups in total. The lowest BCUT2D eigenvalue weighted by Gasteiger charge is -2.35. The third-order valence-corrected chi connectivity index (χ3v) is 6.81. The Kier molecular flexibility index (Phi) is 8.66. The second-order valence-electron chi connectivity index (χ2n) is 9.96. The zero-order valence-electron chi connectivity index (χ0n) is 21.4. The molecule has 9 heteroatoms. The Morgan fingerprint density at radius 1 is 1.00 bits per heavy atom. The number of amides is 4. The van der Waals surface area contributed by atoms with E-state index in [0.717, 1.165) is 18.4 Å². The quantitative estimate of drug-likeness (QED) is 0.546. The molecule has 0 atom stereocenters. The summed E-state index contributed by atoms with van der Waals surface area (Å²) in [6.45, 7) is 7.20. The van der Waals surface area contributed by atoms with Gasteiger partial charge in [-0.05, 0) is 68.5 Å². The van der Waals surface area contributed by atoms with Crippen LogP contribution in [0, 0.1) is 11.7 Å². The maximum absolute atomic E-state index is 14.6. The summed E-state index contributed by atoms with van der Waals surface area (Å²) in [5.74, 6) is -0.615. The number of carbonyl (C=O) groups excluding carboxylic acids is 3. The molecule has 2 aromatic carbocycles. The monoisotopic (exact) mass is 507 g/mol. The average Bonchev–Trinajstić information content (AvgIpc) is 2.84. The van der Waals surface area contributed by atoms with Crippen LogP contribution in [-0.4, -0.2) is 66.1 Å². The van der Waals surface area contributed by atoms with Gasteiger partial charge in [0, 0.05) is 56.1 Å². The van der Waals surface area contributed by atoms with Crippen molar-refractivity contribution in [3.63, 3.8) is 0 Å². The third-order valence-electron chi connectivity index (χ3n) is 6.81. The molecule has 1 saturated heterocycles. The molecule has 1 saturated carbocycles. The largest absolute Gasteiger partial charge is 0.338 e. The van der Waals surface area contributed by atoms with Gasteiger partial charge in [-0.15, -0.1) is 0 Å². The van der Waals surface area contributed by atoms with E-state index >= 15 is 0 Å². The number of rotatable bonds is 7. The second kappa shape index (κ2) is 12.1. The standard InChI is InChI=1S/C28H34FN5O3/c1-19(2)31-26(35)22-8-4-7-21(15-22)18-33-11-13-34(14-12-33)27(36)23-9-10-25(24(29)16-23)32-28(37)30-17-20-5-3-6-20/h4,7-10,15-16,20H,3,5-6,11-14,17-18H2,1-2H3,(H2,30,32,37). The van der Waals surface area contributed by atoms with Crippen LogP contribution in [0.15, 0.2) is 47.5 Å². The van der Waals surface area contributed by atoms with Crippen molar-refractivity contribution >= 4 is 29.2 Å². The Bertz CT molecular complexity index is 1180. The van der Waals surface area contributed by atoms with E-state index in [0.29, 0.717) is 56.5 Å². The second-order valence-corrected chi connectivity index (χ2v) is 9.96. The van der Waals surface area contributed by atoms with E-state index in [1.54, 1.807) is 30.9 Å². The summed E-state index contributed by atoms with van der Waals surface area (Å²) in [6.07, 6.45) is 3.42. The lowest BCUT2D eigenvalue weighted by Crippen LogP contribution is -2.48. The van der Waals surface area contributed by atoms with Crippen molar-refractivity contribution in [3.8, 4) is 0 Å². The maximum atomic E-state index is 14.6. The molecule has 196 valence electrons. The minimum Gasteiger partial charge on any atom is -0.338 e. The predicted octanol–water partition coefficient (Wildman–Crippen LogP) is 4.33. The zero-order valence-corrected chi connectivity index (χ0v) is 21.4. The van der Waals surface area contributed by atoms with Crippen LogP contribution in [0.2, 0.25) is 0 Å². The van der Waals surface area contributed by atoms with E-state index in [9.17, 15) is 18.8 Å². The molecule has 0 radical (unpaired) electrons. The van der Waals surface area contributed by atoms with E-state index in [4.69, 9.17) is 0 Å². The van der Waals surface area contributed by atoms with Crippen LogP contribution in [0.3, 0.4) is 0 Å². The van der Waals surface area contributed by atoms with Crippen LogP contribution in [0.1, 0.15) is 59.4 Å². The van der Waals surface area contributed by atoms with E-state index in [2.05, 4.69) is 20.5 Å². The van der Waals surface area contributed by atoms with Crippen molar-refractivity contribution in [1.82, 2.24) is 15.1 Å². The lowest BCUT2D eigenvalue weighted by molar-refractivity contribution is 0.0627. The summed E-state index contributed by atoms with van der Waals surface area (Å²) in [7, 11) is 0. The van der Waals surface area contributed by atoms with Crippen LogP contribution < -0.4 is 10.6 Å². The molecule has 4 amide bonds. The van der Waals surface area contributed by atoms with Crippen LogP contribution in [0.25, 0.3) is 0 Å². The molecule has 0 unspecified atom stereocenters. The molecule has 1 aliphatic heterocycles. The topological polar surface area (TPSA) is 94.1 Å². The highest BCUT2D eigenvalue weighted by Crippen LogP contribution is 2.25. The SMILES string of the molecule is CC(C)=NC(=O)c1cccc(CN2CCN(C(=O)c3ccc(NC(=O)NCC4CCC4)c(F)c3)CC2)c1. The highest BCUT2D eigenvalue weighted by Gasteiger charge is 2.23. The number of piperazine rings is 1. The first-order valence-electron chi connectivity index (χ1n) is 12.8. The van der Waals surface area contributed by atoms with Gasteiger partial charge in [0.15, 0.2) is 0 Å². The molecule has 2 aliphatic rings. The van der Waals surface area contributed by atoms with Gasteiger partial charge in [-0.25, -0.2) is 14.2 Å². The number of nitrogens with zero attached hydrogens (tertiary/aromatic N) is 3. The van der Waals surface area contributed by atoms with Gasteiger partial charge in [-0.2, -0.15) is 0 Å².